The molecule has 1 unspecified atom stereocenters. The highest BCUT2D eigenvalue weighted by Crippen LogP contribution is 2.31. The van der Waals surface area contributed by atoms with Crippen LogP contribution in [0.4, 0.5) is 5.69 Å². The molecule has 1 fully saturated rings. The number of carbonyl (C=O) groups excluding carboxylic acids is 1. The van der Waals surface area contributed by atoms with Crippen LogP contribution in [0.1, 0.15) is 45.6 Å². The van der Waals surface area contributed by atoms with Crippen molar-refractivity contribution in [1.82, 2.24) is 10.3 Å². The van der Waals surface area contributed by atoms with E-state index in [0.29, 0.717) is 34.9 Å². The summed E-state index contributed by atoms with van der Waals surface area (Å²) in [6, 6.07) is 5.61. The molecule has 31 heavy (non-hydrogen) atoms. The molecule has 0 saturated carbocycles. The highest BCUT2D eigenvalue weighted by atomic mass is 35.5. The summed E-state index contributed by atoms with van der Waals surface area (Å²) in [5, 5.41) is 3.31. The lowest BCUT2D eigenvalue weighted by atomic mass is 9.97. The summed E-state index contributed by atoms with van der Waals surface area (Å²) in [7, 11) is 1.68. The van der Waals surface area contributed by atoms with Crippen molar-refractivity contribution in [2.75, 3.05) is 25.9 Å². The molecule has 1 aromatic carbocycles. The number of aromatic nitrogens is 1. The number of aliphatic imine (C=N–C) groups is 1. The van der Waals surface area contributed by atoms with Gasteiger partial charge < -0.3 is 21.5 Å². The van der Waals surface area contributed by atoms with Crippen molar-refractivity contribution in [2.24, 2.45) is 10.7 Å². The molecule has 1 aliphatic rings. The molecule has 3 rings (SSSR count). The topological polar surface area (TPSA) is 116 Å². The zero-order chi connectivity index (χ0) is 22.4. The van der Waals surface area contributed by atoms with Crippen LogP contribution in [0.3, 0.4) is 0 Å². The zero-order valence-electron chi connectivity index (χ0n) is 17.8. The number of carbonyl (C=O) groups is 1. The number of nitrogens with two attached hydrogens (primary N) is 2. The fraction of sp³-hybridized carbons (Fsp3) is 0.348. The molecule has 2 heterocycles. The Hall–Kier alpha value is -2.90. The molecule has 1 atom stereocenters. The minimum atomic E-state index is -0.250. The monoisotopic (exact) mass is 441 g/mol. The Kier molecular flexibility index (Phi) is 7.65. The van der Waals surface area contributed by atoms with Gasteiger partial charge in [-0.25, -0.2) is 0 Å². The molecular weight excluding hydrogens is 414 g/mol. The lowest BCUT2D eigenvalue weighted by molar-refractivity contribution is 0.0858. The molecule has 0 bridgehead atoms. The van der Waals surface area contributed by atoms with Crippen LogP contribution in [0.5, 0.6) is 0 Å². The average molecular weight is 442 g/mol. The van der Waals surface area contributed by atoms with Gasteiger partial charge in [-0.1, -0.05) is 17.7 Å². The molecule has 1 saturated heterocycles. The van der Waals surface area contributed by atoms with E-state index < -0.39 is 0 Å². The number of pyridine rings is 1. The maximum absolute atomic E-state index is 12.7. The van der Waals surface area contributed by atoms with Crippen LogP contribution < -0.4 is 16.8 Å². The van der Waals surface area contributed by atoms with Crippen LogP contribution in [0.2, 0.25) is 5.02 Å². The van der Waals surface area contributed by atoms with Gasteiger partial charge in [0, 0.05) is 32.6 Å². The second-order valence-corrected chi connectivity index (χ2v) is 7.92. The number of rotatable bonds is 7. The van der Waals surface area contributed by atoms with E-state index in [1.807, 2.05) is 19.1 Å². The van der Waals surface area contributed by atoms with Gasteiger partial charge in [-0.15, -0.1) is 0 Å². The summed E-state index contributed by atoms with van der Waals surface area (Å²) in [5.41, 5.74) is 16.7. The van der Waals surface area contributed by atoms with E-state index in [0.717, 1.165) is 36.1 Å². The molecule has 164 valence electrons. The van der Waals surface area contributed by atoms with Crippen molar-refractivity contribution in [1.29, 1.82) is 0 Å². The van der Waals surface area contributed by atoms with Crippen molar-refractivity contribution in [3.8, 4) is 0 Å². The van der Waals surface area contributed by atoms with E-state index in [9.17, 15) is 4.79 Å². The molecule has 0 spiro atoms. The van der Waals surface area contributed by atoms with Crippen molar-refractivity contribution in [3.05, 3.63) is 63.4 Å². The smallest absolute Gasteiger partial charge is 0.253 e. The van der Waals surface area contributed by atoms with Gasteiger partial charge in [0.1, 0.15) is 0 Å². The third kappa shape index (κ3) is 5.62. The van der Waals surface area contributed by atoms with Gasteiger partial charge in [0.25, 0.3) is 5.91 Å². The van der Waals surface area contributed by atoms with Crippen LogP contribution in [0.15, 0.2) is 35.5 Å². The first kappa shape index (κ1) is 22.8. The lowest BCUT2D eigenvalue weighted by Gasteiger charge is -2.16. The van der Waals surface area contributed by atoms with Crippen molar-refractivity contribution < 1.29 is 9.53 Å². The normalized spacial score (nSPS) is 16.7. The number of nitrogens with zero attached hydrogens (tertiary/aromatic N) is 2. The highest BCUT2D eigenvalue weighted by Gasteiger charge is 2.20. The molecule has 1 aliphatic heterocycles. The minimum Gasteiger partial charge on any atom is -0.397 e. The Morgan fingerprint density at radius 1 is 1.45 bits per heavy atom. The number of ether oxygens (including phenoxy) is 1. The van der Waals surface area contributed by atoms with Gasteiger partial charge in [0.15, 0.2) is 0 Å². The first-order chi connectivity index (χ1) is 14.9. The predicted octanol–water partition coefficient (Wildman–Crippen LogP) is 3.13. The molecule has 0 radical (unpaired) electrons. The maximum Gasteiger partial charge on any atom is 0.253 e. The van der Waals surface area contributed by atoms with Gasteiger partial charge in [0.05, 0.1) is 33.8 Å². The third-order valence-corrected chi connectivity index (χ3v) is 5.82. The van der Waals surface area contributed by atoms with E-state index in [1.54, 1.807) is 31.6 Å². The van der Waals surface area contributed by atoms with Gasteiger partial charge >= 0.3 is 0 Å². The van der Waals surface area contributed by atoms with Crippen LogP contribution in [-0.4, -0.2) is 43.4 Å². The van der Waals surface area contributed by atoms with E-state index >= 15 is 0 Å². The van der Waals surface area contributed by atoms with Gasteiger partial charge in [-0.2, -0.15) is 0 Å². The van der Waals surface area contributed by atoms with Gasteiger partial charge in [-0.05, 0) is 61.1 Å². The van der Waals surface area contributed by atoms with E-state index in [4.69, 9.17) is 27.8 Å². The molecule has 1 amide bonds. The summed E-state index contributed by atoms with van der Waals surface area (Å²) >= 11 is 6.46. The Morgan fingerprint density at radius 2 is 2.26 bits per heavy atom. The number of amides is 1. The SMILES string of the molecule is CN=CC=C(N)c1ccc(Cc2cc(C(=O)NCC3CCCO3)c(N)c(Cl)c2C)cn1. The Bertz CT molecular complexity index is 996. The van der Waals surface area contributed by atoms with Crippen LogP contribution in [0.25, 0.3) is 5.70 Å². The van der Waals surface area contributed by atoms with Gasteiger partial charge in [0.2, 0.25) is 0 Å². The van der Waals surface area contributed by atoms with Gasteiger partial charge in [-0.3, -0.25) is 14.8 Å². The Labute approximate surface area is 187 Å². The second-order valence-electron chi connectivity index (χ2n) is 7.54. The molecular formula is C23H28ClN5O2. The number of halogens is 1. The Morgan fingerprint density at radius 3 is 2.90 bits per heavy atom. The number of anilines is 1. The van der Waals surface area contributed by atoms with Crippen molar-refractivity contribution in [3.63, 3.8) is 0 Å². The molecule has 0 aliphatic carbocycles. The summed E-state index contributed by atoms with van der Waals surface area (Å²) in [6.45, 7) is 3.10. The van der Waals surface area contributed by atoms with E-state index in [1.165, 1.54) is 0 Å². The fourth-order valence-corrected chi connectivity index (χ4v) is 3.68. The number of nitrogens with one attached hydrogen (secondary N) is 1. The minimum absolute atomic E-state index is 0.0558. The first-order valence-electron chi connectivity index (χ1n) is 10.2. The Balaban J connectivity index is 1.78. The first-order valence-corrected chi connectivity index (χ1v) is 10.6. The number of benzene rings is 1. The van der Waals surface area contributed by atoms with E-state index in [-0.39, 0.29) is 17.7 Å². The molecule has 2 aromatic rings. The molecule has 5 N–H and O–H groups in total. The van der Waals surface area contributed by atoms with Crippen LogP contribution in [-0.2, 0) is 11.2 Å². The van der Waals surface area contributed by atoms with Crippen molar-refractivity contribution >= 4 is 35.1 Å². The molecule has 7 nitrogen and oxygen atoms in total. The van der Waals surface area contributed by atoms with Crippen LogP contribution >= 0.6 is 11.6 Å². The summed E-state index contributed by atoms with van der Waals surface area (Å²) < 4.78 is 5.56. The third-order valence-electron chi connectivity index (χ3n) is 5.33. The zero-order valence-corrected chi connectivity index (χ0v) is 18.6. The standard InChI is InChI=1S/C23H28ClN5O2/c1-14-16(10-15-5-6-20(28-12-15)19(25)7-8-27-2)11-18(22(26)21(14)24)23(30)29-13-17-4-3-9-31-17/h5-8,11-12,17H,3-4,9-10,13,25-26H2,1-2H3,(H,29,30). The number of hydrogen-bond acceptors (Lipinski definition) is 6. The summed E-state index contributed by atoms with van der Waals surface area (Å²) in [5.74, 6) is -0.250. The maximum atomic E-state index is 12.7. The number of hydrogen-bond donors (Lipinski definition) is 3. The van der Waals surface area contributed by atoms with E-state index in [2.05, 4.69) is 15.3 Å². The lowest BCUT2D eigenvalue weighted by Crippen LogP contribution is -2.32. The predicted molar refractivity (Wildman–Crippen MR) is 126 cm³/mol. The largest absolute Gasteiger partial charge is 0.397 e. The number of allylic oxidation sites excluding steroid dienone is 1. The molecule has 1 aromatic heterocycles. The van der Waals surface area contributed by atoms with Crippen LogP contribution in [0, 0.1) is 6.92 Å². The van der Waals surface area contributed by atoms with Crippen molar-refractivity contribution in [2.45, 2.75) is 32.3 Å². The summed E-state index contributed by atoms with van der Waals surface area (Å²) in [4.78, 5) is 21.1. The molecule has 8 heteroatoms. The summed E-state index contributed by atoms with van der Waals surface area (Å²) in [6.07, 6.45) is 7.67. The number of nitrogen functional groups attached to an aromatic ring is 1. The fourth-order valence-electron chi connectivity index (χ4n) is 3.46. The quantitative estimate of drug-likeness (QED) is 0.451. The highest BCUT2D eigenvalue weighted by molar-refractivity contribution is 6.34. The average Bonchev–Trinajstić information content (AvgIpc) is 3.30. The second kappa shape index (κ2) is 10.4.